The first kappa shape index (κ1) is 9.82. The molecule has 1 aromatic carbocycles. The van der Waals surface area contributed by atoms with Crippen LogP contribution in [0, 0.1) is 5.92 Å². The van der Waals surface area contributed by atoms with Crippen molar-refractivity contribution in [2.24, 2.45) is 0 Å². The third kappa shape index (κ3) is 2.11. The molecule has 0 saturated heterocycles. The summed E-state index contributed by atoms with van der Waals surface area (Å²) >= 11 is 11.4. The van der Waals surface area contributed by atoms with Gasteiger partial charge in [-0.25, -0.2) is 0 Å². The van der Waals surface area contributed by atoms with Crippen LogP contribution in [-0.4, -0.2) is 6.67 Å². The van der Waals surface area contributed by atoms with Gasteiger partial charge in [-0.15, -0.1) is 0 Å². The zero-order chi connectivity index (χ0) is 9.14. The third-order valence-electron chi connectivity index (χ3n) is 1.61. The van der Waals surface area contributed by atoms with E-state index in [-0.39, 0.29) is 0 Å². The number of alkyl halides is 1. The van der Waals surface area contributed by atoms with Crippen molar-refractivity contribution < 1.29 is 4.39 Å². The van der Waals surface area contributed by atoms with Gasteiger partial charge in [0.15, 0.2) is 0 Å². The quantitative estimate of drug-likeness (QED) is 0.688. The highest BCUT2D eigenvalue weighted by atomic mass is 35.5. The number of rotatable bonds is 2. The maximum atomic E-state index is 12.2. The van der Waals surface area contributed by atoms with Gasteiger partial charge < -0.3 is 0 Å². The molecule has 0 heterocycles. The molecule has 65 valence electrons. The molecule has 0 atom stereocenters. The molecule has 0 saturated carbocycles. The fourth-order valence-electron chi connectivity index (χ4n) is 0.839. The Hall–Kier alpha value is -0.270. The second-order valence-electron chi connectivity index (χ2n) is 2.54. The minimum atomic E-state index is -0.460. The van der Waals surface area contributed by atoms with Crippen LogP contribution in [0.3, 0.4) is 0 Å². The zero-order valence-electron chi connectivity index (χ0n) is 6.57. The highest BCUT2D eigenvalue weighted by Gasteiger charge is 2.07. The van der Waals surface area contributed by atoms with Crippen LogP contribution in [-0.2, 0) is 0 Å². The fourth-order valence-corrected chi connectivity index (χ4v) is 1.14. The molecule has 0 aliphatic rings. The molecule has 1 aromatic rings. The van der Waals surface area contributed by atoms with E-state index in [1.54, 1.807) is 25.1 Å². The summed E-state index contributed by atoms with van der Waals surface area (Å²) in [6.07, 6.45) is 0. The average molecular weight is 206 g/mol. The Balaban J connectivity index is 2.96. The van der Waals surface area contributed by atoms with Gasteiger partial charge >= 0.3 is 0 Å². The second kappa shape index (κ2) is 4.11. The highest BCUT2D eigenvalue weighted by molar-refractivity contribution is 6.42. The van der Waals surface area contributed by atoms with Gasteiger partial charge in [-0.2, -0.15) is 0 Å². The topological polar surface area (TPSA) is 0 Å². The van der Waals surface area contributed by atoms with Crippen molar-refractivity contribution in [1.82, 2.24) is 0 Å². The normalized spacial score (nSPS) is 10.8. The van der Waals surface area contributed by atoms with Crippen LogP contribution in [0.4, 0.5) is 4.39 Å². The Morgan fingerprint density at radius 2 is 2.00 bits per heavy atom. The van der Waals surface area contributed by atoms with Crippen molar-refractivity contribution in [1.29, 1.82) is 0 Å². The van der Waals surface area contributed by atoms with E-state index in [9.17, 15) is 4.39 Å². The van der Waals surface area contributed by atoms with Crippen molar-refractivity contribution in [3.8, 4) is 0 Å². The maximum absolute atomic E-state index is 12.2. The summed E-state index contributed by atoms with van der Waals surface area (Å²) in [5.74, 6) is 0.661. The fraction of sp³-hybridized carbons (Fsp3) is 0.222. The van der Waals surface area contributed by atoms with Crippen molar-refractivity contribution >= 4 is 23.2 Å². The minimum Gasteiger partial charge on any atom is -0.250 e. The van der Waals surface area contributed by atoms with Crippen LogP contribution in [0.25, 0.3) is 0 Å². The van der Waals surface area contributed by atoms with Gasteiger partial charge in [0.1, 0.15) is 0 Å². The summed E-state index contributed by atoms with van der Waals surface area (Å²) in [6, 6.07) is 5.08. The molecule has 0 fully saturated rings. The van der Waals surface area contributed by atoms with E-state index in [0.29, 0.717) is 16.0 Å². The Bertz CT molecular complexity index is 273. The molecule has 1 radical (unpaired) electrons. The van der Waals surface area contributed by atoms with E-state index in [2.05, 4.69) is 0 Å². The van der Waals surface area contributed by atoms with Crippen molar-refractivity contribution in [2.45, 2.75) is 6.92 Å². The van der Waals surface area contributed by atoms with E-state index >= 15 is 0 Å². The first-order valence-corrected chi connectivity index (χ1v) is 4.24. The van der Waals surface area contributed by atoms with Crippen LogP contribution in [0.5, 0.6) is 0 Å². The Morgan fingerprint density at radius 3 is 2.50 bits per heavy atom. The molecule has 0 aromatic heterocycles. The van der Waals surface area contributed by atoms with Gasteiger partial charge in [0.05, 0.1) is 16.7 Å². The lowest BCUT2D eigenvalue weighted by Gasteiger charge is -2.06. The molecule has 0 bridgehead atoms. The average Bonchev–Trinajstić information content (AvgIpc) is 2.08. The molecule has 0 aliphatic heterocycles. The number of benzene rings is 1. The maximum Gasteiger partial charge on any atom is 0.0997 e. The van der Waals surface area contributed by atoms with Crippen LogP contribution in [0.2, 0.25) is 10.0 Å². The lowest BCUT2D eigenvalue weighted by atomic mass is 10.0. The summed E-state index contributed by atoms with van der Waals surface area (Å²) in [7, 11) is 0. The largest absolute Gasteiger partial charge is 0.250 e. The highest BCUT2D eigenvalue weighted by Crippen LogP contribution is 2.25. The molecular formula is C9H8Cl2F. The molecule has 0 spiro atoms. The van der Waals surface area contributed by atoms with E-state index in [1.807, 2.05) is 0 Å². The molecule has 0 N–H and O–H groups in total. The van der Waals surface area contributed by atoms with Gasteiger partial charge in [0.25, 0.3) is 0 Å². The molecule has 12 heavy (non-hydrogen) atoms. The van der Waals surface area contributed by atoms with Crippen LogP contribution in [0.1, 0.15) is 12.5 Å². The predicted octanol–water partition coefficient (Wildman–Crippen LogP) is 3.91. The molecule has 0 amide bonds. The first-order chi connectivity index (χ1) is 5.65. The van der Waals surface area contributed by atoms with Crippen LogP contribution >= 0.6 is 23.2 Å². The lowest BCUT2D eigenvalue weighted by molar-refractivity contribution is 0.516. The summed E-state index contributed by atoms with van der Waals surface area (Å²) in [4.78, 5) is 0. The molecule has 0 nitrogen and oxygen atoms in total. The molecule has 1 rings (SSSR count). The second-order valence-corrected chi connectivity index (χ2v) is 3.36. The molecule has 0 unspecified atom stereocenters. The number of hydrogen-bond acceptors (Lipinski definition) is 0. The van der Waals surface area contributed by atoms with Gasteiger partial charge in [-0.1, -0.05) is 36.2 Å². The van der Waals surface area contributed by atoms with E-state index in [1.165, 1.54) is 0 Å². The lowest BCUT2D eigenvalue weighted by Crippen LogP contribution is -1.95. The van der Waals surface area contributed by atoms with Gasteiger partial charge in [-0.05, 0) is 17.7 Å². The van der Waals surface area contributed by atoms with Gasteiger partial charge in [0, 0.05) is 5.92 Å². The van der Waals surface area contributed by atoms with Gasteiger partial charge in [-0.3, -0.25) is 4.39 Å². The van der Waals surface area contributed by atoms with E-state index in [0.717, 1.165) is 5.56 Å². The standard InChI is InChI=1S/C9H8Cl2F/c1-6(5-12)7-2-3-8(10)9(11)4-7/h2-4H,5H2,1H3. The molecule has 3 heteroatoms. The van der Waals surface area contributed by atoms with Crippen molar-refractivity contribution in [2.75, 3.05) is 6.67 Å². The van der Waals surface area contributed by atoms with E-state index < -0.39 is 6.67 Å². The predicted molar refractivity (Wildman–Crippen MR) is 50.5 cm³/mol. The third-order valence-corrected chi connectivity index (χ3v) is 2.35. The summed E-state index contributed by atoms with van der Waals surface area (Å²) in [5, 5.41) is 0.953. The van der Waals surface area contributed by atoms with Gasteiger partial charge in [0.2, 0.25) is 0 Å². The minimum absolute atomic E-state index is 0.460. The molecular weight excluding hydrogens is 198 g/mol. The van der Waals surface area contributed by atoms with Crippen LogP contribution < -0.4 is 0 Å². The smallest absolute Gasteiger partial charge is 0.0997 e. The van der Waals surface area contributed by atoms with Crippen molar-refractivity contribution in [3.05, 3.63) is 39.7 Å². The summed E-state index contributed by atoms with van der Waals surface area (Å²) in [5.41, 5.74) is 0.798. The summed E-state index contributed by atoms with van der Waals surface area (Å²) < 4.78 is 12.2. The van der Waals surface area contributed by atoms with Crippen LogP contribution in [0.15, 0.2) is 18.2 Å². The first-order valence-electron chi connectivity index (χ1n) is 3.49. The zero-order valence-corrected chi connectivity index (χ0v) is 8.08. The Morgan fingerprint density at radius 1 is 1.33 bits per heavy atom. The summed E-state index contributed by atoms with van der Waals surface area (Å²) in [6.45, 7) is 1.26. The number of hydrogen-bond donors (Lipinski definition) is 0. The Kier molecular flexibility index (Phi) is 3.36. The SMILES string of the molecule is C[C](CF)c1ccc(Cl)c(Cl)c1. The van der Waals surface area contributed by atoms with Crippen molar-refractivity contribution in [3.63, 3.8) is 0 Å². The molecule has 0 aliphatic carbocycles. The van der Waals surface area contributed by atoms with E-state index in [4.69, 9.17) is 23.2 Å². The number of halogens is 3. The Labute approximate surface area is 81.3 Å². The monoisotopic (exact) mass is 205 g/mol.